The number of H-pyrrole nitrogens is 1. The minimum atomic E-state index is -4.86. The Balaban J connectivity index is 1.18. The number of amides is 1. The maximum atomic E-state index is 13.8. The summed E-state index contributed by atoms with van der Waals surface area (Å²) in [7, 11) is 0. The summed E-state index contributed by atoms with van der Waals surface area (Å²) in [5, 5.41) is 14.4. The lowest BCUT2D eigenvalue weighted by molar-refractivity contribution is -0.138. The smallest absolute Gasteiger partial charge is 0.375 e. The molecule has 0 spiro atoms. The number of benzene rings is 1. The van der Waals surface area contributed by atoms with Crippen LogP contribution >= 0.6 is 0 Å². The third kappa shape index (κ3) is 6.07. The molecular formula is C28H26F3N7O3. The van der Waals surface area contributed by atoms with Gasteiger partial charge < -0.3 is 19.4 Å². The van der Waals surface area contributed by atoms with Crippen molar-refractivity contribution in [2.24, 2.45) is 0 Å². The van der Waals surface area contributed by atoms with E-state index in [1.807, 2.05) is 28.2 Å². The van der Waals surface area contributed by atoms with E-state index in [-0.39, 0.29) is 31.4 Å². The van der Waals surface area contributed by atoms with Gasteiger partial charge in [0.2, 0.25) is 5.91 Å². The van der Waals surface area contributed by atoms with E-state index >= 15 is 0 Å². The Hall–Kier alpha value is -4.70. The lowest BCUT2D eigenvalue weighted by Gasteiger charge is -2.34. The van der Waals surface area contributed by atoms with E-state index in [1.165, 1.54) is 17.2 Å². The minimum absolute atomic E-state index is 0.0376. The SMILES string of the molecule is N#Cc1ccc(N2CCN(C(=O)/C=C\COCC3c4ccccc4CN3c3cn[nH]c(=O)c3C(F)(F)F)CC2)nc1. The number of carbonyl (C=O) groups excluding carboxylic acids is 1. The summed E-state index contributed by atoms with van der Waals surface area (Å²) < 4.78 is 47.1. The highest BCUT2D eigenvalue weighted by molar-refractivity contribution is 5.87. The fraction of sp³-hybridized carbons (Fsp3) is 0.321. The van der Waals surface area contributed by atoms with Gasteiger partial charge in [0.05, 0.1) is 36.7 Å². The molecular weight excluding hydrogens is 539 g/mol. The third-order valence-electron chi connectivity index (χ3n) is 7.10. The zero-order chi connectivity index (χ0) is 29.0. The Morgan fingerprint density at radius 1 is 1.15 bits per heavy atom. The van der Waals surface area contributed by atoms with E-state index in [9.17, 15) is 22.8 Å². The molecule has 1 N–H and O–H groups in total. The quantitative estimate of drug-likeness (QED) is 0.343. The number of hydrogen-bond donors (Lipinski definition) is 1. The molecule has 1 saturated heterocycles. The number of aromatic nitrogens is 3. The van der Waals surface area contributed by atoms with Crippen molar-refractivity contribution in [3.05, 3.63) is 93.6 Å². The van der Waals surface area contributed by atoms with E-state index in [1.54, 1.807) is 35.2 Å². The fourth-order valence-electron chi connectivity index (χ4n) is 5.08. The molecule has 1 fully saturated rings. The van der Waals surface area contributed by atoms with Crippen LogP contribution in [-0.2, 0) is 22.3 Å². The van der Waals surface area contributed by atoms with Gasteiger partial charge >= 0.3 is 6.18 Å². The molecule has 1 atom stereocenters. The van der Waals surface area contributed by atoms with E-state index in [4.69, 9.17) is 10.00 Å². The number of piperazine rings is 1. The number of ether oxygens (including phenoxy) is 1. The first-order valence-corrected chi connectivity index (χ1v) is 12.9. The second kappa shape index (κ2) is 11.8. The minimum Gasteiger partial charge on any atom is -0.375 e. The van der Waals surface area contributed by atoms with Crippen molar-refractivity contribution < 1.29 is 22.7 Å². The van der Waals surface area contributed by atoms with Crippen molar-refractivity contribution in [3.63, 3.8) is 0 Å². The first kappa shape index (κ1) is 27.9. The molecule has 1 unspecified atom stereocenters. The highest BCUT2D eigenvalue weighted by atomic mass is 19.4. The molecule has 10 nitrogen and oxygen atoms in total. The number of nitrogens with zero attached hydrogens (tertiary/aromatic N) is 6. The van der Waals surface area contributed by atoms with Crippen LogP contribution in [0.5, 0.6) is 0 Å². The van der Waals surface area contributed by atoms with E-state index in [2.05, 4.69) is 10.1 Å². The molecule has 13 heteroatoms. The van der Waals surface area contributed by atoms with Gasteiger partial charge in [-0.1, -0.05) is 30.3 Å². The number of rotatable bonds is 7. The van der Waals surface area contributed by atoms with Crippen molar-refractivity contribution in [1.82, 2.24) is 20.1 Å². The predicted molar refractivity (Wildman–Crippen MR) is 143 cm³/mol. The molecule has 2 aromatic heterocycles. The van der Waals surface area contributed by atoms with Crippen molar-refractivity contribution >= 4 is 17.4 Å². The standard InChI is InChI=1S/C28H26F3N7O3/c29-28(30,31)26-22(16-34-35-27(26)40)38-17-20-4-1-2-5-21(20)23(38)18-41-13-3-6-25(39)37-11-9-36(10-12-37)24-8-7-19(14-32)15-33-24/h1-8,15-16,23H,9-13,17-18H2,(H,35,40)/b6-3-. The lowest BCUT2D eigenvalue weighted by atomic mass is 10.1. The van der Waals surface area contributed by atoms with Gasteiger partial charge in [-0.3, -0.25) is 9.59 Å². The molecule has 5 rings (SSSR count). The molecule has 3 aromatic rings. The number of carbonyl (C=O) groups is 1. The maximum absolute atomic E-state index is 13.8. The highest BCUT2D eigenvalue weighted by Crippen LogP contribution is 2.42. The second-order valence-corrected chi connectivity index (χ2v) is 9.57. The van der Waals surface area contributed by atoms with E-state index in [0.29, 0.717) is 31.7 Å². The summed E-state index contributed by atoms with van der Waals surface area (Å²) in [6.45, 7) is 2.49. The Bertz CT molecular complexity index is 1520. The molecule has 212 valence electrons. The summed E-state index contributed by atoms with van der Waals surface area (Å²) in [6.07, 6.45) is 0.680. The maximum Gasteiger partial charge on any atom is 0.423 e. The summed E-state index contributed by atoms with van der Waals surface area (Å²) in [5.41, 5.74) is -0.802. The number of alkyl halides is 3. The zero-order valence-electron chi connectivity index (χ0n) is 21.8. The van der Waals surface area contributed by atoms with Gasteiger partial charge in [0, 0.05) is 45.0 Å². The van der Waals surface area contributed by atoms with Gasteiger partial charge in [0.15, 0.2) is 0 Å². The van der Waals surface area contributed by atoms with Crippen molar-refractivity contribution in [1.29, 1.82) is 5.26 Å². The van der Waals surface area contributed by atoms with Crippen LogP contribution < -0.4 is 15.4 Å². The number of nitriles is 1. The first-order chi connectivity index (χ1) is 19.8. The van der Waals surface area contributed by atoms with Gasteiger partial charge in [0.25, 0.3) is 5.56 Å². The summed E-state index contributed by atoms with van der Waals surface area (Å²) in [4.78, 5) is 34.3. The number of halogens is 3. The summed E-state index contributed by atoms with van der Waals surface area (Å²) >= 11 is 0. The first-order valence-electron chi connectivity index (χ1n) is 12.9. The lowest BCUT2D eigenvalue weighted by Crippen LogP contribution is -2.48. The van der Waals surface area contributed by atoms with Crippen LogP contribution in [0.4, 0.5) is 24.7 Å². The number of nitrogens with one attached hydrogen (secondary N) is 1. The topological polar surface area (TPSA) is 118 Å². The average molecular weight is 566 g/mol. The van der Waals surface area contributed by atoms with Gasteiger partial charge in [-0.25, -0.2) is 10.1 Å². The normalized spacial score (nSPS) is 17.1. The molecule has 4 heterocycles. The van der Waals surface area contributed by atoms with Crippen LogP contribution in [0.2, 0.25) is 0 Å². The largest absolute Gasteiger partial charge is 0.423 e. The Kier molecular flexibility index (Phi) is 8.02. The van der Waals surface area contributed by atoms with Gasteiger partial charge in [-0.15, -0.1) is 0 Å². The summed E-state index contributed by atoms with van der Waals surface area (Å²) in [5.74, 6) is 0.582. The van der Waals surface area contributed by atoms with Crippen molar-refractivity contribution in [2.45, 2.75) is 18.8 Å². The fourth-order valence-corrected chi connectivity index (χ4v) is 5.08. The molecule has 0 bridgehead atoms. The Morgan fingerprint density at radius 3 is 2.63 bits per heavy atom. The van der Waals surface area contributed by atoms with E-state index < -0.39 is 23.3 Å². The van der Waals surface area contributed by atoms with Gasteiger partial charge in [-0.05, 0) is 23.3 Å². The predicted octanol–water partition coefficient (Wildman–Crippen LogP) is 3.04. The number of anilines is 2. The molecule has 41 heavy (non-hydrogen) atoms. The molecule has 2 aliphatic heterocycles. The number of hydrogen-bond acceptors (Lipinski definition) is 8. The van der Waals surface area contributed by atoms with Gasteiger partial charge in [-0.2, -0.15) is 23.5 Å². The van der Waals surface area contributed by atoms with Crippen molar-refractivity contribution in [3.8, 4) is 6.07 Å². The Morgan fingerprint density at radius 2 is 1.93 bits per heavy atom. The van der Waals surface area contributed by atoms with Crippen LogP contribution in [0, 0.1) is 11.3 Å². The van der Waals surface area contributed by atoms with E-state index in [0.717, 1.165) is 23.1 Å². The molecule has 0 saturated carbocycles. The Labute approximate surface area is 233 Å². The summed E-state index contributed by atoms with van der Waals surface area (Å²) in [6, 6.07) is 12.2. The zero-order valence-corrected chi connectivity index (χ0v) is 21.8. The number of aromatic amines is 1. The van der Waals surface area contributed by atoms with Crippen LogP contribution in [0.25, 0.3) is 0 Å². The van der Waals surface area contributed by atoms with Crippen LogP contribution in [0.15, 0.2) is 65.7 Å². The number of pyridine rings is 1. The van der Waals surface area contributed by atoms with Crippen LogP contribution in [0.3, 0.4) is 0 Å². The second-order valence-electron chi connectivity index (χ2n) is 9.57. The number of fused-ring (bicyclic) bond motifs is 1. The third-order valence-corrected chi connectivity index (χ3v) is 7.10. The van der Waals surface area contributed by atoms with Gasteiger partial charge in [0.1, 0.15) is 17.5 Å². The average Bonchev–Trinajstić information content (AvgIpc) is 3.34. The molecule has 0 aliphatic carbocycles. The highest BCUT2D eigenvalue weighted by Gasteiger charge is 2.41. The molecule has 1 amide bonds. The van der Waals surface area contributed by atoms with Crippen LogP contribution in [0.1, 0.15) is 28.3 Å². The van der Waals surface area contributed by atoms with Crippen molar-refractivity contribution in [2.75, 3.05) is 49.2 Å². The molecule has 2 aliphatic rings. The monoisotopic (exact) mass is 565 g/mol. The molecule has 0 radical (unpaired) electrons. The molecule has 1 aromatic carbocycles. The van der Waals surface area contributed by atoms with Crippen LogP contribution in [-0.4, -0.2) is 65.4 Å².